The maximum absolute atomic E-state index is 14.2. The van der Waals surface area contributed by atoms with Crippen molar-refractivity contribution in [3.05, 3.63) is 76.5 Å². The summed E-state index contributed by atoms with van der Waals surface area (Å²) in [5.74, 6) is -0.311. The Bertz CT molecular complexity index is 1100. The van der Waals surface area contributed by atoms with E-state index in [2.05, 4.69) is 50.2 Å². The van der Waals surface area contributed by atoms with Gasteiger partial charge in [-0.15, -0.1) is 0 Å². The van der Waals surface area contributed by atoms with Crippen LogP contribution in [0.15, 0.2) is 59.5 Å². The zero-order valence-corrected chi connectivity index (χ0v) is 14.3. The van der Waals surface area contributed by atoms with Gasteiger partial charge in [-0.1, -0.05) is 12.1 Å². The zero-order valence-electron chi connectivity index (χ0n) is 12.7. The number of hydrogen-bond acceptors (Lipinski definition) is 2. The summed E-state index contributed by atoms with van der Waals surface area (Å²) in [5.41, 5.74) is 3.56. The number of halogens is 2. The first-order chi connectivity index (χ1) is 11.7. The van der Waals surface area contributed by atoms with E-state index in [1.165, 1.54) is 11.6 Å². The molecule has 3 nitrogen and oxygen atoms in total. The van der Waals surface area contributed by atoms with Crippen LogP contribution in [-0.2, 0) is 5.41 Å². The highest BCUT2D eigenvalue weighted by molar-refractivity contribution is 9.10. The first-order valence-electron chi connectivity index (χ1n) is 7.85. The minimum Gasteiger partial charge on any atom is -0.300 e. The number of nitrogens with zero attached hydrogens (tertiary/aromatic N) is 3. The van der Waals surface area contributed by atoms with Crippen LogP contribution in [0, 0.1) is 5.82 Å². The molecular formula is C19H13BrFN3. The van der Waals surface area contributed by atoms with E-state index in [-0.39, 0.29) is 11.2 Å². The Morgan fingerprint density at radius 3 is 2.83 bits per heavy atom. The molecule has 0 saturated heterocycles. The van der Waals surface area contributed by atoms with Crippen LogP contribution in [0.4, 0.5) is 4.39 Å². The van der Waals surface area contributed by atoms with Crippen molar-refractivity contribution >= 4 is 32.5 Å². The second kappa shape index (κ2) is 4.86. The van der Waals surface area contributed by atoms with E-state index in [0.29, 0.717) is 10.1 Å². The summed E-state index contributed by atoms with van der Waals surface area (Å²) in [5, 5.41) is 1.13. The predicted octanol–water partition coefficient (Wildman–Crippen LogP) is 4.86. The quantitative estimate of drug-likeness (QED) is 0.496. The SMILES string of the molecule is Fc1cc(Br)cn2c(C3(c4ccc5ncccc5c4)CC3)cnc12. The predicted molar refractivity (Wildman–Crippen MR) is 94.6 cm³/mol. The Morgan fingerprint density at radius 2 is 2.00 bits per heavy atom. The van der Waals surface area contributed by atoms with Crippen molar-refractivity contribution in [2.75, 3.05) is 0 Å². The van der Waals surface area contributed by atoms with Gasteiger partial charge in [-0.2, -0.15) is 0 Å². The minimum absolute atomic E-state index is 0.0866. The Hall–Kier alpha value is -2.27. The van der Waals surface area contributed by atoms with Crippen LogP contribution in [0.5, 0.6) is 0 Å². The van der Waals surface area contributed by atoms with Crippen molar-refractivity contribution in [2.24, 2.45) is 0 Å². The molecule has 1 saturated carbocycles. The lowest BCUT2D eigenvalue weighted by atomic mass is 9.91. The standard InChI is InChI=1S/C19H13BrFN3/c20-14-9-15(21)18-23-10-17(24(18)11-14)19(5-6-19)13-3-4-16-12(8-13)2-1-7-22-16/h1-4,7-11H,5-6H2. The third-order valence-electron chi connectivity index (χ3n) is 4.92. The zero-order chi connectivity index (χ0) is 16.3. The van der Waals surface area contributed by atoms with Crippen molar-refractivity contribution < 1.29 is 4.39 Å². The van der Waals surface area contributed by atoms with E-state index in [1.807, 2.05) is 22.9 Å². The van der Waals surface area contributed by atoms with E-state index in [4.69, 9.17) is 0 Å². The topological polar surface area (TPSA) is 30.2 Å². The number of imidazole rings is 1. The minimum atomic E-state index is -0.311. The van der Waals surface area contributed by atoms with Gasteiger partial charge in [0.15, 0.2) is 11.5 Å². The first-order valence-corrected chi connectivity index (χ1v) is 8.65. The molecule has 24 heavy (non-hydrogen) atoms. The molecule has 5 rings (SSSR count). The van der Waals surface area contributed by atoms with Crippen molar-refractivity contribution in [3.8, 4) is 0 Å². The highest BCUT2D eigenvalue weighted by Gasteiger charge is 2.48. The van der Waals surface area contributed by atoms with E-state index >= 15 is 0 Å². The molecule has 118 valence electrons. The fourth-order valence-corrected chi connectivity index (χ4v) is 3.97. The van der Waals surface area contributed by atoms with Gasteiger partial charge in [0, 0.05) is 27.7 Å². The molecule has 3 aromatic heterocycles. The molecule has 0 radical (unpaired) electrons. The highest BCUT2D eigenvalue weighted by Crippen LogP contribution is 2.53. The van der Waals surface area contributed by atoms with Crippen LogP contribution in [0.25, 0.3) is 16.6 Å². The van der Waals surface area contributed by atoms with E-state index in [9.17, 15) is 4.39 Å². The van der Waals surface area contributed by atoms with E-state index in [0.717, 1.165) is 29.4 Å². The molecule has 5 heteroatoms. The van der Waals surface area contributed by atoms with Gasteiger partial charge in [-0.05, 0) is 58.6 Å². The number of benzene rings is 1. The third kappa shape index (κ3) is 1.94. The monoisotopic (exact) mass is 381 g/mol. The molecule has 0 atom stereocenters. The first kappa shape index (κ1) is 14.1. The molecule has 1 aliphatic carbocycles. The largest absolute Gasteiger partial charge is 0.300 e. The smallest absolute Gasteiger partial charge is 0.173 e. The summed E-state index contributed by atoms with van der Waals surface area (Å²) in [4.78, 5) is 8.70. The average molecular weight is 382 g/mol. The third-order valence-corrected chi connectivity index (χ3v) is 5.36. The van der Waals surface area contributed by atoms with Crippen molar-refractivity contribution in [2.45, 2.75) is 18.3 Å². The summed E-state index contributed by atoms with van der Waals surface area (Å²) >= 11 is 3.38. The van der Waals surface area contributed by atoms with Gasteiger partial charge in [0.2, 0.25) is 0 Å². The molecule has 0 bridgehead atoms. The lowest BCUT2D eigenvalue weighted by Gasteiger charge is -2.16. The molecule has 0 amide bonds. The Labute approximate surface area is 146 Å². The normalized spacial score (nSPS) is 15.9. The van der Waals surface area contributed by atoms with Gasteiger partial charge in [0.05, 0.1) is 17.4 Å². The molecule has 0 spiro atoms. The average Bonchev–Trinajstić information content (AvgIpc) is 3.28. The summed E-state index contributed by atoms with van der Waals surface area (Å²) < 4.78 is 16.7. The number of hydrogen-bond donors (Lipinski definition) is 0. The molecule has 4 aromatic rings. The summed E-state index contributed by atoms with van der Waals surface area (Å²) in [6.45, 7) is 0. The van der Waals surface area contributed by atoms with Gasteiger partial charge in [-0.25, -0.2) is 9.37 Å². The van der Waals surface area contributed by atoms with Crippen LogP contribution < -0.4 is 0 Å². The number of rotatable bonds is 2. The highest BCUT2D eigenvalue weighted by atomic mass is 79.9. The fourth-order valence-electron chi connectivity index (χ4n) is 3.56. The molecule has 3 heterocycles. The van der Waals surface area contributed by atoms with Crippen molar-refractivity contribution in [1.82, 2.24) is 14.4 Å². The van der Waals surface area contributed by atoms with Crippen LogP contribution in [0.2, 0.25) is 0 Å². The Kier molecular flexibility index (Phi) is 2.86. The molecule has 0 N–H and O–H groups in total. The second-order valence-corrected chi connectivity index (χ2v) is 7.25. The number of fused-ring (bicyclic) bond motifs is 2. The summed E-state index contributed by atoms with van der Waals surface area (Å²) in [7, 11) is 0. The van der Waals surface area contributed by atoms with Gasteiger partial charge >= 0.3 is 0 Å². The molecule has 1 aliphatic rings. The number of aromatic nitrogens is 3. The van der Waals surface area contributed by atoms with Gasteiger partial charge in [-0.3, -0.25) is 9.38 Å². The van der Waals surface area contributed by atoms with Crippen LogP contribution in [0.1, 0.15) is 24.1 Å². The van der Waals surface area contributed by atoms with Crippen LogP contribution in [0.3, 0.4) is 0 Å². The van der Waals surface area contributed by atoms with Crippen molar-refractivity contribution in [3.63, 3.8) is 0 Å². The Balaban J connectivity index is 1.73. The molecule has 0 aliphatic heterocycles. The second-order valence-electron chi connectivity index (χ2n) is 6.34. The Morgan fingerprint density at radius 1 is 1.12 bits per heavy atom. The molecule has 1 aromatic carbocycles. The van der Waals surface area contributed by atoms with Gasteiger partial charge in [0.25, 0.3) is 0 Å². The maximum Gasteiger partial charge on any atom is 0.173 e. The molecule has 0 unspecified atom stereocenters. The lowest BCUT2D eigenvalue weighted by molar-refractivity contribution is 0.627. The fraction of sp³-hybridized carbons (Fsp3) is 0.158. The van der Waals surface area contributed by atoms with Gasteiger partial charge < -0.3 is 0 Å². The van der Waals surface area contributed by atoms with Crippen LogP contribution >= 0.6 is 15.9 Å². The van der Waals surface area contributed by atoms with Crippen LogP contribution in [-0.4, -0.2) is 14.4 Å². The summed E-state index contributed by atoms with van der Waals surface area (Å²) in [6, 6.07) is 11.9. The molecule has 1 fully saturated rings. The van der Waals surface area contributed by atoms with Crippen molar-refractivity contribution in [1.29, 1.82) is 0 Å². The lowest BCUT2D eigenvalue weighted by Crippen LogP contribution is -2.12. The van der Waals surface area contributed by atoms with E-state index < -0.39 is 0 Å². The summed E-state index contributed by atoms with van der Waals surface area (Å²) in [6.07, 6.45) is 7.59. The molecular weight excluding hydrogens is 369 g/mol. The van der Waals surface area contributed by atoms with Gasteiger partial charge in [0.1, 0.15) is 0 Å². The number of pyridine rings is 2. The maximum atomic E-state index is 14.2. The van der Waals surface area contributed by atoms with E-state index in [1.54, 1.807) is 6.20 Å².